The molecule has 0 amide bonds. The van der Waals surface area contributed by atoms with E-state index in [-0.39, 0.29) is 5.41 Å². The minimum atomic E-state index is -0.233. The molecule has 674 valence electrons. The summed E-state index contributed by atoms with van der Waals surface area (Å²) in [5.74, 6) is 4.45. The number of hydrogen-bond donors (Lipinski definition) is 0. The van der Waals surface area contributed by atoms with E-state index in [2.05, 4.69) is 243 Å². The van der Waals surface area contributed by atoms with Crippen molar-refractivity contribution in [2.45, 2.75) is 19.3 Å². The Morgan fingerprint density at radius 2 is 0.618 bits per heavy atom. The fourth-order valence-corrected chi connectivity index (χ4v) is 20.9. The highest BCUT2D eigenvalue weighted by Gasteiger charge is 2.36. The molecule has 0 radical (unpaired) electrons. The van der Waals surface area contributed by atoms with Crippen LogP contribution in [0.2, 0.25) is 0 Å². The van der Waals surface area contributed by atoms with Gasteiger partial charge in [-0.15, -0.1) is 11.3 Å². The third-order valence-electron chi connectivity index (χ3n) is 26.9. The van der Waals surface area contributed by atoms with Gasteiger partial charge < -0.3 is 8.83 Å². The number of benzene rings is 19. The van der Waals surface area contributed by atoms with Crippen molar-refractivity contribution < 1.29 is 8.83 Å². The van der Waals surface area contributed by atoms with Crippen molar-refractivity contribution in [3.05, 3.63) is 489 Å². The molecule has 19 aromatic carbocycles. The van der Waals surface area contributed by atoms with Crippen LogP contribution in [0, 0.1) is 29.2 Å². The molecule has 0 bridgehead atoms. The summed E-state index contributed by atoms with van der Waals surface area (Å²) in [7, 11) is 0. The molecule has 0 saturated carbocycles. The van der Waals surface area contributed by atoms with E-state index in [1.165, 1.54) is 42.4 Å². The van der Waals surface area contributed by atoms with Crippen LogP contribution >= 0.6 is 11.3 Å². The Hall–Kier alpha value is -19.4. The summed E-state index contributed by atoms with van der Waals surface area (Å²) in [5, 5.41) is 25.4. The van der Waals surface area contributed by atoms with Gasteiger partial charge in [-0.1, -0.05) is 396 Å². The normalized spacial score (nSPS) is 11.7. The summed E-state index contributed by atoms with van der Waals surface area (Å²) in [6.45, 7) is 12.1. The van der Waals surface area contributed by atoms with E-state index in [0.29, 0.717) is 57.6 Å². The zero-order valence-electron chi connectivity index (χ0n) is 77.9. The molecular formula is C130H81N11O2S. The second-order valence-electron chi connectivity index (χ2n) is 36.0. The lowest BCUT2D eigenvalue weighted by Crippen LogP contribution is -2.14. The lowest BCUT2D eigenvalue weighted by atomic mass is 9.81. The van der Waals surface area contributed by atoms with Gasteiger partial charge in [0.2, 0.25) is 0 Å². The maximum Gasteiger partial charge on any atom is 0.187 e. The number of fused-ring (bicyclic) bond motifs is 12. The Morgan fingerprint density at radius 1 is 0.257 bits per heavy atom. The number of rotatable bonds is 15. The minimum Gasteiger partial charge on any atom is -0.456 e. The SMILES string of the molecule is N#Cc1ccc(-c2ccc(-c3cc4c(cc3-c3ccc(-c5nc(-c6ccccc6)nc(-c6ccccc6)n5)cc3)oc3ccccc34)cc2)cc1.N#Cc1ccc(-c2ccc3c(sc4ccccc43)c2-c2cc(-c3ccccc3)nc(-c3ccccc3)n2)cc1.[C-]#[N+]c1ccc2c(c1)C(C)(C)c1cc(-c3ccc(-c4ccc(-c5nc(-c6ccccc6)nc(-c6ccccc6)n5)cc4)c4oc5ccccc5c34)ccc1-2. The summed E-state index contributed by atoms with van der Waals surface area (Å²) in [5.41, 5.74) is 33.3. The van der Waals surface area contributed by atoms with E-state index < -0.39 is 0 Å². The number of thiophene rings is 1. The first-order valence-electron chi connectivity index (χ1n) is 47.5. The van der Waals surface area contributed by atoms with Gasteiger partial charge in [0.15, 0.2) is 46.5 Å². The van der Waals surface area contributed by atoms with E-state index in [4.69, 9.17) is 55.3 Å². The van der Waals surface area contributed by atoms with Gasteiger partial charge in [0.1, 0.15) is 22.3 Å². The van der Waals surface area contributed by atoms with Crippen LogP contribution in [0.3, 0.4) is 0 Å². The van der Waals surface area contributed by atoms with Crippen molar-refractivity contribution >= 4 is 81.1 Å². The topological polar surface area (TPSA) is 181 Å². The van der Waals surface area contributed by atoms with Crippen molar-refractivity contribution in [3.63, 3.8) is 0 Å². The first-order chi connectivity index (χ1) is 70.9. The maximum absolute atomic E-state index is 9.37. The molecule has 6 heterocycles. The Kier molecular flexibility index (Phi) is 22.7. The molecule has 6 aromatic heterocycles. The summed E-state index contributed by atoms with van der Waals surface area (Å²) >= 11 is 1.79. The molecule has 26 rings (SSSR count). The van der Waals surface area contributed by atoms with Gasteiger partial charge in [-0.25, -0.2) is 44.7 Å². The molecule has 13 nitrogen and oxygen atoms in total. The largest absolute Gasteiger partial charge is 0.456 e. The van der Waals surface area contributed by atoms with Crippen LogP contribution in [0.5, 0.6) is 0 Å². The van der Waals surface area contributed by atoms with Crippen molar-refractivity contribution in [2.24, 2.45) is 0 Å². The van der Waals surface area contributed by atoms with Crippen LogP contribution in [0.4, 0.5) is 5.69 Å². The molecular weight excluding hydrogens is 1780 g/mol. The summed E-state index contributed by atoms with van der Waals surface area (Å²) < 4.78 is 15.5. The zero-order valence-corrected chi connectivity index (χ0v) is 78.8. The molecule has 14 heteroatoms. The number of aromatic nitrogens is 8. The molecule has 0 aliphatic heterocycles. The van der Waals surface area contributed by atoms with Crippen molar-refractivity contribution in [2.75, 3.05) is 0 Å². The van der Waals surface area contributed by atoms with Gasteiger partial charge in [-0.3, -0.25) is 0 Å². The van der Waals surface area contributed by atoms with E-state index >= 15 is 0 Å². The summed E-state index contributed by atoms with van der Waals surface area (Å²) in [4.78, 5) is 43.3. The van der Waals surface area contributed by atoms with Gasteiger partial charge >= 0.3 is 0 Å². The monoisotopic (exact) mass is 1860 g/mol. The van der Waals surface area contributed by atoms with Gasteiger partial charge in [0, 0.05) is 103 Å². The molecule has 1 aliphatic rings. The Morgan fingerprint density at radius 3 is 1.12 bits per heavy atom. The molecule has 1 aliphatic carbocycles. The molecule has 0 saturated heterocycles. The Bertz CT molecular complexity index is 9210. The van der Waals surface area contributed by atoms with E-state index in [1.54, 1.807) is 11.3 Å². The molecule has 0 N–H and O–H groups in total. The van der Waals surface area contributed by atoms with E-state index in [9.17, 15) is 10.5 Å². The van der Waals surface area contributed by atoms with Gasteiger partial charge in [-0.2, -0.15) is 10.5 Å². The van der Waals surface area contributed by atoms with Crippen LogP contribution in [0.15, 0.2) is 464 Å². The third-order valence-corrected chi connectivity index (χ3v) is 28.2. The molecule has 0 atom stereocenters. The first kappa shape index (κ1) is 87.3. The standard InChI is InChI=1S/C49H32N4O.C46H28N4O.C35H21N3S/c1-49(2)41-28-34(22-24-38(41)39-25-23-35(50-3)29-42(39)49)36-26-27-37(45-44(36)40-16-10-11-17-43(40)54-45)30-18-20-33(21-19-30)48-52-46(31-12-6-4-7-13-31)51-47(53-48)32-14-8-5-9-15-32;47-29-30-15-17-31(18-16-30)32-19-21-33(22-20-32)39-27-41-38-13-7-8-14-42(38)51-43(41)28-40(39)34-23-25-37(26-24-34)46-49-44(35-9-3-1-4-10-35)48-45(50-46)36-11-5-2-6-12-36;36-22-23-15-17-24(18-16-23)27-19-20-29-28-13-7-8-14-32(28)39-34(29)33(27)31-21-30(25-9-3-1-4-10-25)37-35(38-31)26-11-5-2-6-12-26/h4-29H,1-2H3;1-28H;1-21H. The molecule has 0 unspecified atom stereocenters. The lowest BCUT2D eigenvalue weighted by molar-refractivity contribution is 0.661. The number of furan rings is 2. The molecule has 0 spiro atoms. The fourth-order valence-electron chi connectivity index (χ4n) is 19.6. The fraction of sp³-hybridized carbons (Fsp3) is 0.0231. The van der Waals surface area contributed by atoms with Crippen molar-refractivity contribution in [1.82, 2.24) is 39.9 Å². The van der Waals surface area contributed by atoms with E-state index in [0.717, 1.165) is 172 Å². The third kappa shape index (κ3) is 16.7. The van der Waals surface area contributed by atoms with Gasteiger partial charge in [0.05, 0.1) is 41.2 Å². The number of hydrogen-bond acceptors (Lipinski definition) is 13. The summed E-state index contributed by atoms with van der Waals surface area (Å²) in [6.07, 6.45) is 0. The highest BCUT2D eigenvalue weighted by molar-refractivity contribution is 7.26. The molecule has 144 heavy (non-hydrogen) atoms. The van der Waals surface area contributed by atoms with Crippen LogP contribution in [0.1, 0.15) is 36.1 Å². The predicted octanol–water partition coefficient (Wildman–Crippen LogP) is 34.0. The minimum absolute atomic E-state index is 0.233. The number of nitriles is 2. The quantitative estimate of drug-likeness (QED) is 0.0887. The van der Waals surface area contributed by atoms with Crippen LogP contribution in [0.25, 0.3) is 249 Å². The first-order valence-corrected chi connectivity index (χ1v) is 48.3. The van der Waals surface area contributed by atoms with Crippen LogP contribution in [-0.4, -0.2) is 39.9 Å². The Balaban J connectivity index is 0.000000118. The highest BCUT2D eigenvalue weighted by Crippen LogP contribution is 2.53. The lowest BCUT2D eigenvalue weighted by Gasteiger charge is -2.22. The number of para-hydroxylation sites is 2. The smallest absolute Gasteiger partial charge is 0.187 e. The average molecular weight is 1860 g/mol. The molecule has 0 fully saturated rings. The second-order valence-corrected chi connectivity index (χ2v) is 37.1. The predicted molar refractivity (Wildman–Crippen MR) is 584 cm³/mol. The zero-order chi connectivity index (χ0) is 96.7. The average Bonchev–Trinajstić information content (AvgIpc) is 1.56. The highest BCUT2D eigenvalue weighted by atomic mass is 32.1. The van der Waals surface area contributed by atoms with Crippen molar-refractivity contribution in [1.29, 1.82) is 10.5 Å². The number of nitrogens with zero attached hydrogens (tertiary/aromatic N) is 11. The maximum atomic E-state index is 9.37. The van der Waals surface area contributed by atoms with Gasteiger partial charge in [-0.05, 0) is 156 Å². The summed E-state index contributed by atoms with van der Waals surface area (Å²) in [6, 6.07) is 159. The molecule has 25 aromatic rings. The van der Waals surface area contributed by atoms with Gasteiger partial charge in [0.25, 0.3) is 0 Å². The van der Waals surface area contributed by atoms with Crippen molar-refractivity contribution in [3.8, 4) is 192 Å². The van der Waals surface area contributed by atoms with Crippen LogP contribution < -0.4 is 0 Å². The van der Waals surface area contributed by atoms with Crippen LogP contribution in [-0.2, 0) is 5.41 Å². The second kappa shape index (κ2) is 37.5. The Labute approximate surface area is 834 Å². The van der Waals surface area contributed by atoms with E-state index in [1.807, 2.05) is 243 Å².